The number of anilines is 1. The molecule has 2 heterocycles. The number of nitrogens with zero attached hydrogens (tertiary/aromatic N) is 4. The molecule has 0 atom stereocenters. The number of imidazole rings is 1. The van der Waals surface area contributed by atoms with Gasteiger partial charge in [-0.1, -0.05) is 0 Å². The molecule has 0 aliphatic heterocycles. The molecule has 0 aromatic carbocycles. The molecule has 2 rings (SSSR count). The molecular weight excluding hydrogens is 218 g/mol. The van der Waals surface area contributed by atoms with Crippen LogP contribution in [0.1, 0.15) is 19.7 Å². The Morgan fingerprint density at radius 3 is 2.65 bits per heavy atom. The second-order valence-corrected chi connectivity index (χ2v) is 3.93. The second-order valence-electron chi connectivity index (χ2n) is 3.93. The number of ether oxygens (including phenoxy) is 1. The molecule has 0 fully saturated rings. The number of aromatic nitrogens is 4. The summed E-state index contributed by atoms with van der Waals surface area (Å²) in [6.45, 7) is 5.72. The van der Waals surface area contributed by atoms with Gasteiger partial charge >= 0.3 is 0 Å². The summed E-state index contributed by atoms with van der Waals surface area (Å²) in [6, 6.07) is 0. The van der Waals surface area contributed by atoms with E-state index < -0.39 is 0 Å². The molecule has 6 heteroatoms. The maximum Gasteiger partial charge on any atom is 0.242 e. The largest absolute Gasteiger partial charge is 0.473 e. The van der Waals surface area contributed by atoms with Crippen LogP contribution in [0.4, 0.5) is 5.69 Å². The third-order valence-electron chi connectivity index (χ3n) is 2.23. The summed E-state index contributed by atoms with van der Waals surface area (Å²) in [5, 5.41) is 0. The molecular formula is C11H15N5O. The van der Waals surface area contributed by atoms with Crippen molar-refractivity contribution in [2.45, 2.75) is 26.9 Å². The van der Waals surface area contributed by atoms with Crippen molar-refractivity contribution >= 4 is 5.69 Å². The molecule has 2 N–H and O–H groups in total. The summed E-state index contributed by atoms with van der Waals surface area (Å²) in [7, 11) is 0. The number of hydrogen-bond acceptors (Lipinski definition) is 5. The topological polar surface area (TPSA) is 78.8 Å². The lowest BCUT2D eigenvalue weighted by molar-refractivity contribution is 0.233. The summed E-state index contributed by atoms with van der Waals surface area (Å²) in [5.74, 6) is 1.80. The van der Waals surface area contributed by atoms with E-state index in [0.29, 0.717) is 17.4 Å². The van der Waals surface area contributed by atoms with Crippen molar-refractivity contribution in [3.8, 4) is 11.7 Å². The SMILES string of the molecule is Cc1nccn1-c1ncnc(OC(C)C)c1N. The Labute approximate surface area is 99.5 Å². The highest BCUT2D eigenvalue weighted by molar-refractivity contribution is 5.60. The number of nitrogens with two attached hydrogens (primary N) is 1. The first-order chi connectivity index (χ1) is 8.09. The Kier molecular flexibility index (Phi) is 2.95. The van der Waals surface area contributed by atoms with Crippen LogP contribution in [0.15, 0.2) is 18.7 Å². The van der Waals surface area contributed by atoms with Crippen molar-refractivity contribution in [2.24, 2.45) is 0 Å². The average Bonchev–Trinajstić information content (AvgIpc) is 2.67. The monoisotopic (exact) mass is 233 g/mol. The molecule has 6 nitrogen and oxygen atoms in total. The molecule has 2 aromatic rings. The van der Waals surface area contributed by atoms with Gasteiger partial charge < -0.3 is 10.5 Å². The van der Waals surface area contributed by atoms with E-state index in [0.717, 1.165) is 5.82 Å². The van der Waals surface area contributed by atoms with Crippen LogP contribution in [-0.4, -0.2) is 25.6 Å². The van der Waals surface area contributed by atoms with Crippen LogP contribution >= 0.6 is 0 Å². The fourth-order valence-corrected chi connectivity index (χ4v) is 1.48. The van der Waals surface area contributed by atoms with E-state index in [1.807, 2.05) is 20.8 Å². The third-order valence-corrected chi connectivity index (χ3v) is 2.23. The molecule has 0 radical (unpaired) electrons. The standard InChI is InChI=1S/C11H15N5O/c1-7(2)17-11-9(12)10(14-6-15-11)16-5-4-13-8(16)3/h4-7H,12H2,1-3H3. The first kappa shape index (κ1) is 11.4. The Morgan fingerprint density at radius 1 is 1.29 bits per heavy atom. The van der Waals surface area contributed by atoms with Gasteiger partial charge in [0.25, 0.3) is 0 Å². The van der Waals surface area contributed by atoms with Gasteiger partial charge in [-0.25, -0.2) is 9.97 Å². The van der Waals surface area contributed by atoms with Crippen LogP contribution in [0.25, 0.3) is 5.82 Å². The highest BCUT2D eigenvalue weighted by Crippen LogP contribution is 2.24. The fourth-order valence-electron chi connectivity index (χ4n) is 1.48. The summed E-state index contributed by atoms with van der Waals surface area (Å²) in [4.78, 5) is 12.3. The number of aryl methyl sites for hydroxylation is 1. The lowest BCUT2D eigenvalue weighted by Gasteiger charge is -2.13. The number of rotatable bonds is 3. The Balaban J connectivity index is 2.46. The number of hydrogen-bond donors (Lipinski definition) is 1. The minimum absolute atomic E-state index is 0.0175. The van der Waals surface area contributed by atoms with Crippen molar-refractivity contribution < 1.29 is 4.74 Å². The molecule has 90 valence electrons. The van der Waals surface area contributed by atoms with Crippen molar-refractivity contribution in [2.75, 3.05) is 5.73 Å². The molecule has 0 bridgehead atoms. The van der Waals surface area contributed by atoms with Gasteiger partial charge in [-0.05, 0) is 20.8 Å². The van der Waals surface area contributed by atoms with Crippen molar-refractivity contribution in [1.29, 1.82) is 0 Å². The zero-order valence-electron chi connectivity index (χ0n) is 10.1. The van der Waals surface area contributed by atoms with Crippen molar-refractivity contribution in [3.05, 3.63) is 24.5 Å². The zero-order chi connectivity index (χ0) is 12.4. The Bertz CT molecular complexity index is 520. The number of nitrogen functional groups attached to an aromatic ring is 1. The third kappa shape index (κ3) is 2.20. The van der Waals surface area contributed by atoms with Gasteiger partial charge in [0.2, 0.25) is 5.88 Å². The van der Waals surface area contributed by atoms with E-state index in [2.05, 4.69) is 15.0 Å². The molecule has 0 unspecified atom stereocenters. The lowest BCUT2D eigenvalue weighted by Crippen LogP contribution is -2.12. The minimum Gasteiger partial charge on any atom is -0.473 e. The molecule has 17 heavy (non-hydrogen) atoms. The van der Waals surface area contributed by atoms with E-state index >= 15 is 0 Å². The summed E-state index contributed by atoms with van der Waals surface area (Å²) in [5.41, 5.74) is 6.41. The summed E-state index contributed by atoms with van der Waals surface area (Å²) in [6.07, 6.45) is 4.94. The van der Waals surface area contributed by atoms with Crippen LogP contribution in [0, 0.1) is 6.92 Å². The van der Waals surface area contributed by atoms with Crippen LogP contribution in [0.2, 0.25) is 0 Å². The highest BCUT2D eigenvalue weighted by atomic mass is 16.5. The van der Waals surface area contributed by atoms with E-state index in [1.165, 1.54) is 6.33 Å². The van der Waals surface area contributed by atoms with Gasteiger partial charge in [0.15, 0.2) is 5.82 Å². The van der Waals surface area contributed by atoms with E-state index in [-0.39, 0.29) is 6.10 Å². The molecule has 0 spiro atoms. The molecule has 0 aliphatic rings. The first-order valence-corrected chi connectivity index (χ1v) is 5.37. The van der Waals surface area contributed by atoms with E-state index in [9.17, 15) is 0 Å². The van der Waals surface area contributed by atoms with Crippen LogP contribution in [-0.2, 0) is 0 Å². The van der Waals surface area contributed by atoms with Gasteiger partial charge in [-0.15, -0.1) is 0 Å². The van der Waals surface area contributed by atoms with E-state index in [1.54, 1.807) is 17.0 Å². The quantitative estimate of drug-likeness (QED) is 0.865. The van der Waals surface area contributed by atoms with Gasteiger partial charge in [-0.2, -0.15) is 4.98 Å². The maximum absolute atomic E-state index is 5.99. The zero-order valence-corrected chi connectivity index (χ0v) is 10.1. The van der Waals surface area contributed by atoms with Gasteiger partial charge in [0.05, 0.1) is 6.10 Å². The summed E-state index contributed by atoms with van der Waals surface area (Å²) >= 11 is 0. The summed E-state index contributed by atoms with van der Waals surface area (Å²) < 4.78 is 7.31. The Morgan fingerprint density at radius 2 is 2.06 bits per heavy atom. The van der Waals surface area contributed by atoms with Crippen LogP contribution < -0.4 is 10.5 Å². The maximum atomic E-state index is 5.99. The molecule has 0 saturated carbocycles. The smallest absolute Gasteiger partial charge is 0.242 e. The second kappa shape index (κ2) is 4.40. The van der Waals surface area contributed by atoms with Crippen LogP contribution in [0.5, 0.6) is 5.88 Å². The van der Waals surface area contributed by atoms with E-state index in [4.69, 9.17) is 10.5 Å². The molecule has 0 amide bonds. The molecule has 2 aromatic heterocycles. The van der Waals surface area contributed by atoms with Gasteiger partial charge in [0, 0.05) is 12.4 Å². The van der Waals surface area contributed by atoms with Crippen LogP contribution in [0.3, 0.4) is 0 Å². The van der Waals surface area contributed by atoms with Gasteiger partial charge in [0.1, 0.15) is 17.8 Å². The fraction of sp³-hybridized carbons (Fsp3) is 0.364. The highest BCUT2D eigenvalue weighted by Gasteiger charge is 2.13. The normalized spacial score (nSPS) is 10.8. The van der Waals surface area contributed by atoms with Crippen molar-refractivity contribution in [1.82, 2.24) is 19.5 Å². The average molecular weight is 233 g/mol. The Hall–Kier alpha value is -2.11. The predicted octanol–water partition coefficient (Wildman–Crippen LogP) is 1.34. The van der Waals surface area contributed by atoms with Gasteiger partial charge in [-0.3, -0.25) is 4.57 Å². The first-order valence-electron chi connectivity index (χ1n) is 5.37. The van der Waals surface area contributed by atoms with Crippen molar-refractivity contribution in [3.63, 3.8) is 0 Å². The predicted molar refractivity (Wildman–Crippen MR) is 64.1 cm³/mol. The molecule has 0 aliphatic carbocycles. The molecule has 0 saturated heterocycles. The minimum atomic E-state index is 0.0175. The lowest BCUT2D eigenvalue weighted by atomic mass is 10.4.